The van der Waals surface area contributed by atoms with E-state index >= 15 is 0 Å². The molecule has 0 atom stereocenters. The standard InChI is InChI=1S/C18H21NOSi/c1-19(2)15-9-7-10-16(13-15)21(3,4)18-12-14-8-5-6-11-17(14)20-18/h5-13H,1-4H3. The molecule has 2 aromatic carbocycles. The van der Waals surface area contributed by atoms with Crippen molar-refractivity contribution in [1.29, 1.82) is 0 Å². The molecular weight excluding hydrogens is 274 g/mol. The maximum Gasteiger partial charge on any atom is 0.156 e. The molecule has 0 N–H and O–H groups in total. The predicted molar refractivity (Wildman–Crippen MR) is 93.7 cm³/mol. The fourth-order valence-electron chi connectivity index (χ4n) is 2.60. The van der Waals surface area contributed by atoms with E-state index in [-0.39, 0.29) is 0 Å². The zero-order valence-electron chi connectivity index (χ0n) is 13.1. The van der Waals surface area contributed by atoms with E-state index in [1.54, 1.807) is 0 Å². The largest absolute Gasteiger partial charge is 0.466 e. The van der Waals surface area contributed by atoms with Gasteiger partial charge in [0.1, 0.15) is 5.58 Å². The molecule has 3 aromatic rings. The van der Waals surface area contributed by atoms with Gasteiger partial charge >= 0.3 is 0 Å². The van der Waals surface area contributed by atoms with Crippen molar-refractivity contribution >= 4 is 35.3 Å². The Bertz CT molecular complexity index is 740. The first-order valence-corrected chi connectivity index (χ1v) is 10.3. The number of nitrogens with zero attached hydrogens (tertiary/aromatic N) is 1. The number of benzene rings is 2. The molecule has 0 amide bonds. The Labute approximate surface area is 127 Å². The Balaban J connectivity index is 2.08. The van der Waals surface area contributed by atoms with Crippen LogP contribution in [0.2, 0.25) is 13.1 Å². The van der Waals surface area contributed by atoms with Crippen LogP contribution in [-0.4, -0.2) is 22.2 Å². The van der Waals surface area contributed by atoms with Crippen LogP contribution in [0.25, 0.3) is 11.0 Å². The summed E-state index contributed by atoms with van der Waals surface area (Å²) in [6.07, 6.45) is 0. The zero-order valence-corrected chi connectivity index (χ0v) is 14.1. The molecule has 1 aromatic heterocycles. The van der Waals surface area contributed by atoms with Crippen molar-refractivity contribution in [2.24, 2.45) is 0 Å². The topological polar surface area (TPSA) is 16.4 Å². The minimum atomic E-state index is -1.81. The van der Waals surface area contributed by atoms with E-state index in [1.165, 1.54) is 16.3 Å². The Morgan fingerprint density at radius 1 is 0.905 bits per heavy atom. The van der Waals surface area contributed by atoms with Crippen molar-refractivity contribution in [3.63, 3.8) is 0 Å². The Kier molecular flexibility index (Phi) is 3.37. The van der Waals surface area contributed by atoms with Crippen LogP contribution in [0, 0.1) is 0 Å². The molecule has 0 aliphatic carbocycles. The Hall–Kier alpha value is -2.00. The molecule has 3 rings (SSSR count). The van der Waals surface area contributed by atoms with Gasteiger partial charge < -0.3 is 9.32 Å². The third-order valence-electron chi connectivity index (χ3n) is 4.13. The molecule has 0 saturated heterocycles. The van der Waals surface area contributed by atoms with Crippen LogP contribution in [0.15, 0.2) is 59.0 Å². The maximum atomic E-state index is 6.14. The van der Waals surface area contributed by atoms with Crippen molar-refractivity contribution < 1.29 is 4.42 Å². The van der Waals surface area contributed by atoms with E-state index < -0.39 is 8.07 Å². The second-order valence-corrected chi connectivity index (χ2v) is 10.5. The smallest absolute Gasteiger partial charge is 0.156 e. The third-order valence-corrected chi connectivity index (χ3v) is 7.36. The number of fused-ring (bicyclic) bond motifs is 1. The van der Waals surface area contributed by atoms with Gasteiger partial charge in [0, 0.05) is 25.2 Å². The molecule has 0 bridgehead atoms. The Morgan fingerprint density at radius 2 is 1.67 bits per heavy atom. The molecule has 0 fully saturated rings. The van der Waals surface area contributed by atoms with Crippen LogP contribution in [0.3, 0.4) is 0 Å². The summed E-state index contributed by atoms with van der Waals surface area (Å²) in [6, 6.07) is 19.3. The maximum absolute atomic E-state index is 6.14. The fourth-order valence-corrected chi connectivity index (χ4v) is 4.79. The minimum Gasteiger partial charge on any atom is -0.466 e. The molecule has 0 saturated carbocycles. The summed E-state index contributed by atoms with van der Waals surface area (Å²) in [5, 5.41) is 3.73. The van der Waals surface area contributed by atoms with Gasteiger partial charge in [0.15, 0.2) is 8.07 Å². The fraction of sp³-hybridized carbons (Fsp3) is 0.222. The summed E-state index contributed by atoms with van der Waals surface area (Å²) in [5.41, 5.74) is 2.22. The lowest BCUT2D eigenvalue weighted by Gasteiger charge is -2.22. The van der Waals surface area contributed by atoms with E-state index in [9.17, 15) is 0 Å². The van der Waals surface area contributed by atoms with E-state index in [2.05, 4.69) is 74.6 Å². The Morgan fingerprint density at radius 3 is 2.38 bits per heavy atom. The van der Waals surface area contributed by atoms with Crippen molar-refractivity contribution in [3.05, 3.63) is 54.6 Å². The summed E-state index contributed by atoms with van der Waals surface area (Å²) in [7, 11) is 2.35. The highest BCUT2D eigenvalue weighted by Crippen LogP contribution is 2.18. The second kappa shape index (κ2) is 5.08. The average Bonchev–Trinajstić information content (AvgIpc) is 2.92. The van der Waals surface area contributed by atoms with Gasteiger partial charge in [-0.3, -0.25) is 0 Å². The number of rotatable bonds is 3. The van der Waals surface area contributed by atoms with E-state index in [0.29, 0.717) is 0 Å². The van der Waals surface area contributed by atoms with Gasteiger partial charge in [-0.25, -0.2) is 0 Å². The molecule has 108 valence electrons. The van der Waals surface area contributed by atoms with E-state index in [4.69, 9.17) is 4.42 Å². The summed E-state index contributed by atoms with van der Waals surface area (Å²) in [5.74, 6) is 0. The minimum absolute atomic E-state index is 0.983. The molecule has 2 nitrogen and oxygen atoms in total. The lowest BCUT2D eigenvalue weighted by molar-refractivity contribution is 0.649. The highest BCUT2D eigenvalue weighted by Gasteiger charge is 2.30. The molecule has 0 unspecified atom stereocenters. The quantitative estimate of drug-likeness (QED) is 0.689. The monoisotopic (exact) mass is 295 g/mol. The number of hydrogen-bond acceptors (Lipinski definition) is 2. The summed E-state index contributed by atoms with van der Waals surface area (Å²) in [6.45, 7) is 4.69. The highest BCUT2D eigenvalue weighted by atomic mass is 28.3. The van der Waals surface area contributed by atoms with Gasteiger partial charge in [-0.05, 0) is 29.5 Å². The van der Waals surface area contributed by atoms with E-state index in [1.807, 2.05) is 12.1 Å². The second-order valence-electron chi connectivity index (χ2n) is 6.22. The van der Waals surface area contributed by atoms with Gasteiger partial charge in [-0.2, -0.15) is 0 Å². The van der Waals surface area contributed by atoms with Crippen LogP contribution < -0.4 is 15.5 Å². The molecule has 21 heavy (non-hydrogen) atoms. The number of anilines is 1. The van der Waals surface area contributed by atoms with Crippen LogP contribution in [0.1, 0.15) is 0 Å². The van der Waals surface area contributed by atoms with Gasteiger partial charge in [0.25, 0.3) is 0 Å². The molecule has 0 radical (unpaired) electrons. The van der Waals surface area contributed by atoms with Gasteiger partial charge in [0.05, 0.1) is 5.38 Å². The molecule has 0 aliphatic rings. The summed E-state index contributed by atoms with van der Waals surface area (Å²) < 4.78 is 6.14. The number of para-hydroxylation sites is 1. The SMILES string of the molecule is CN(C)c1cccc([Si](C)(C)c2cc3ccccc3o2)c1. The molecule has 1 heterocycles. The first-order chi connectivity index (χ1) is 9.98. The molecule has 0 aliphatic heterocycles. The van der Waals surface area contributed by atoms with Crippen LogP contribution >= 0.6 is 0 Å². The summed E-state index contributed by atoms with van der Waals surface area (Å²) in [4.78, 5) is 2.15. The molecule has 3 heteroatoms. The number of hydrogen-bond donors (Lipinski definition) is 0. The molecule has 0 spiro atoms. The van der Waals surface area contributed by atoms with Crippen molar-refractivity contribution in [2.45, 2.75) is 13.1 Å². The normalized spacial score (nSPS) is 11.8. The first kappa shape index (κ1) is 14.0. The predicted octanol–water partition coefficient (Wildman–Crippen LogP) is 3.32. The number of furan rings is 1. The molecular formula is C18H21NOSi. The van der Waals surface area contributed by atoms with Crippen LogP contribution in [0.5, 0.6) is 0 Å². The van der Waals surface area contributed by atoms with Crippen molar-refractivity contribution in [1.82, 2.24) is 0 Å². The van der Waals surface area contributed by atoms with Crippen molar-refractivity contribution in [3.8, 4) is 0 Å². The van der Waals surface area contributed by atoms with Crippen molar-refractivity contribution in [2.75, 3.05) is 19.0 Å². The lowest BCUT2D eigenvalue weighted by Crippen LogP contribution is -2.52. The van der Waals surface area contributed by atoms with Crippen LogP contribution in [-0.2, 0) is 0 Å². The lowest BCUT2D eigenvalue weighted by atomic mass is 10.3. The van der Waals surface area contributed by atoms with Gasteiger partial charge in [-0.15, -0.1) is 0 Å². The van der Waals surface area contributed by atoms with Crippen LogP contribution in [0.4, 0.5) is 5.69 Å². The zero-order chi connectivity index (χ0) is 15.0. The van der Waals surface area contributed by atoms with E-state index in [0.717, 1.165) is 11.0 Å². The average molecular weight is 295 g/mol. The van der Waals surface area contributed by atoms with Gasteiger partial charge in [-0.1, -0.05) is 43.4 Å². The highest BCUT2D eigenvalue weighted by molar-refractivity contribution is 6.99. The van der Waals surface area contributed by atoms with Gasteiger partial charge in [0.2, 0.25) is 0 Å². The summed E-state index contributed by atoms with van der Waals surface area (Å²) >= 11 is 0. The first-order valence-electron chi connectivity index (χ1n) is 7.25. The third kappa shape index (κ3) is 2.49.